The molecule has 1 saturated heterocycles. The van der Waals surface area contributed by atoms with Gasteiger partial charge in [-0.05, 0) is 25.8 Å². The number of rotatable bonds is 3. The van der Waals surface area contributed by atoms with Crippen molar-refractivity contribution in [2.24, 2.45) is 0 Å². The summed E-state index contributed by atoms with van der Waals surface area (Å²) >= 11 is 0. The number of aromatic nitrogens is 2. The summed E-state index contributed by atoms with van der Waals surface area (Å²) in [6, 6.07) is 8.51. The minimum Gasteiger partial charge on any atom is -0.332 e. The van der Waals surface area contributed by atoms with Crippen LogP contribution >= 0.6 is 0 Å². The van der Waals surface area contributed by atoms with Crippen molar-refractivity contribution in [3.8, 4) is 0 Å². The Morgan fingerprint density at radius 2 is 2.09 bits per heavy atom. The highest BCUT2D eigenvalue weighted by Gasteiger charge is 2.27. The van der Waals surface area contributed by atoms with Crippen LogP contribution < -0.4 is 5.32 Å². The number of benzene rings is 1. The number of aryl methyl sites for hydroxylation is 2. The van der Waals surface area contributed by atoms with Crippen molar-refractivity contribution < 1.29 is 9.42 Å². The molecule has 22 heavy (non-hydrogen) atoms. The maximum absolute atomic E-state index is 12.2. The Balaban J connectivity index is 1.54. The van der Waals surface area contributed by atoms with Gasteiger partial charge in [0.05, 0.1) is 6.54 Å². The first kappa shape index (κ1) is 14.6. The van der Waals surface area contributed by atoms with Gasteiger partial charge < -0.3 is 10.2 Å². The number of carbonyl (C=O) groups is 1. The number of urea groups is 1. The number of hydrogen-bond acceptors (Lipinski definition) is 4. The van der Waals surface area contributed by atoms with E-state index in [0.717, 1.165) is 19.5 Å². The fourth-order valence-corrected chi connectivity index (χ4v) is 2.74. The first-order valence-electron chi connectivity index (χ1n) is 7.51. The Kier molecular flexibility index (Phi) is 4.09. The van der Waals surface area contributed by atoms with Crippen molar-refractivity contribution >= 4 is 6.03 Å². The Morgan fingerprint density at radius 1 is 1.32 bits per heavy atom. The van der Waals surface area contributed by atoms with E-state index < -0.39 is 0 Å². The predicted octanol–water partition coefficient (Wildman–Crippen LogP) is 2.39. The van der Waals surface area contributed by atoms with Gasteiger partial charge in [-0.15, -0.1) is 0 Å². The van der Waals surface area contributed by atoms with Crippen LogP contribution in [-0.4, -0.2) is 34.3 Å². The molecule has 116 valence electrons. The van der Waals surface area contributed by atoms with Crippen molar-refractivity contribution in [3.05, 3.63) is 46.8 Å². The summed E-state index contributed by atoms with van der Waals surface area (Å²) in [6.07, 6.45) is 1.00. The quantitative estimate of drug-likeness (QED) is 0.944. The summed E-state index contributed by atoms with van der Waals surface area (Å²) in [7, 11) is 0. The number of hydrogen-bond donors (Lipinski definition) is 1. The lowest BCUT2D eigenvalue weighted by atomic mass is 9.98. The molecular weight excluding hydrogens is 280 g/mol. The fraction of sp³-hybridized carbons (Fsp3) is 0.438. The number of nitrogens with one attached hydrogen (secondary N) is 1. The zero-order chi connectivity index (χ0) is 15.5. The molecule has 2 heterocycles. The zero-order valence-corrected chi connectivity index (χ0v) is 12.9. The zero-order valence-electron chi connectivity index (χ0n) is 12.9. The van der Waals surface area contributed by atoms with Gasteiger partial charge in [-0.1, -0.05) is 40.1 Å². The molecule has 1 aliphatic heterocycles. The van der Waals surface area contributed by atoms with Crippen LogP contribution in [0.4, 0.5) is 4.79 Å². The van der Waals surface area contributed by atoms with Gasteiger partial charge in [0.25, 0.3) is 0 Å². The average molecular weight is 300 g/mol. The maximum Gasteiger partial charge on any atom is 0.317 e. The standard InChI is InChI=1S/C16H20N4O2/c1-11-3-5-13(6-4-11)14-7-8-20(10-14)16(21)17-9-15-12(2)18-22-19-15/h3-6,14H,7-10H2,1-2H3,(H,17,21). The van der Waals surface area contributed by atoms with Crippen molar-refractivity contribution in [2.45, 2.75) is 32.7 Å². The van der Waals surface area contributed by atoms with Crippen LogP contribution in [0.3, 0.4) is 0 Å². The normalized spacial score (nSPS) is 17.7. The second-order valence-corrected chi connectivity index (χ2v) is 5.80. The molecule has 1 aromatic carbocycles. The second kappa shape index (κ2) is 6.17. The number of carbonyl (C=O) groups excluding carboxylic acids is 1. The SMILES string of the molecule is Cc1ccc(C2CCN(C(=O)NCc3nonc3C)C2)cc1. The van der Waals surface area contributed by atoms with Crippen LogP contribution in [0.5, 0.6) is 0 Å². The number of likely N-dealkylation sites (tertiary alicyclic amines) is 1. The molecule has 0 spiro atoms. The minimum atomic E-state index is -0.0583. The van der Waals surface area contributed by atoms with Crippen LogP contribution in [0.15, 0.2) is 28.9 Å². The fourth-order valence-electron chi connectivity index (χ4n) is 2.74. The van der Waals surface area contributed by atoms with Gasteiger partial charge in [-0.25, -0.2) is 9.42 Å². The molecule has 0 bridgehead atoms. The molecule has 6 nitrogen and oxygen atoms in total. The van der Waals surface area contributed by atoms with Crippen LogP contribution in [0, 0.1) is 13.8 Å². The van der Waals surface area contributed by atoms with E-state index in [1.54, 1.807) is 6.92 Å². The summed E-state index contributed by atoms with van der Waals surface area (Å²) in [4.78, 5) is 14.1. The summed E-state index contributed by atoms with van der Waals surface area (Å²) < 4.78 is 4.62. The highest BCUT2D eigenvalue weighted by Crippen LogP contribution is 2.27. The van der Waals surface area contributed by atoms with Gasteiger partial charge in [0.15, 0.2) is 0 Å². The smallest absolute Gasteiger partial charge is 0.317 e. The molecule has 2 aromatic rings. The predicted molar refractivity (Wildman–Crippen MR) is 81.4 cm³/mol. The first-order valence-corrected chi connectivity index (χ1v) is 7.51. The Labute approximate surface area is 129 Å². The lowest BCUT2D eigenvalue weighted by Gasteiger charge is -2.17. The number of amides is 2. The topological polar surface area (TPSA) is 71.3 Å². The molecule has 1 N–H and O–H groups in total. The monoisotopic (exact) mass is 300 g/mol. The summed E-state index contributed by atoms with van der Waals surface area (Å²) in [5.41, 5.74) is 3.94. The Morgan fingerprint density at radius 3 is 2.77 bits per heavy atom. The third kappa shape index (κ3) is 3.10. The average Bonchev–Trinajstić information content (AvgIpc) is 3.15. The molecule has 6 heteroatoms. The largest absolute Gasteiger partial charge is 0.332 e. The first-order chi connectivity index (χ1) is 10.6. The summed E-state index contributed by atoms with van der Waals surface area (Å²) in [5.74, 6) is 0.418. The van der Waals surface area contributed by atoms with Crippen LogP contribution in [0.25, 0.3) is 0 Å². The highest BCUT2D eigenvalue weighted by molar-refractivity contribution is 5.74. The van der Waals surface area contributed by atoms with Crippen LogP contribution in [-0.2, 0) is 6.54 Å². The molecule has 1 atom stereocenters. The van der Waals surface area contributed by atoms with Gasteiger partial charge >= 0.3 is 6.03 Å². The second-order valence-electron chi connectivity index (χ2n) is 5.80. The Bertz CT molecular complexity index is 650. The van der Waals surface area contributed by atoms with Crippen molar-refractivity contribution in [2.75, 3.05) is 13.1 Å². The van der Waals surface area contributed by atoms with Gasteiger partial charge in [-0.2, -0.15) is 0 Å². The molecule has 1 aliphatic rings. The van der Waals surface area contributed by atoms with Gasteiger partial charge in [0.1, 0.15) is 11.4 Å². The van der Waals surface area contributed by atoms with E-state index in [2.05, 4.69) is 51.4 Å². The van der Waals surface area contributed by atoms with E-state index in [4.69, 9.17) is 0 Å². The van der Waals surface area contributed by atoms with Crippen molar-refractivity contribution in [1.82, 2.24) is 20.5 Å². The van der Waals surface area contributed by atoms with Gasteiger partial charge in [0, 0.05) is 19.0 Å². The third-order valence-electron chi connectivity index (χ3n) is 4.18. The molecule has 1 aromatic heterocycles. The summed E-state index contributed by atoms with van der Waals surface area (Å²) in [6.45, 7) is 5.77. The lowest BCUT2D eigenvalue weighted by Crippen LogP contribution is -2.38. The molecule has 1 unspecified atom stereocenters. The molecule has 2 amide bonds. The summed E-state index contributed by atoms with van der Waals surface area (Å²) in [5, 5.41) is 10.3. The Hall–Kier alpha value is -2.37. The highest BCUT2D eigenvalue weighted by atomic mass is 16.6. The molecular formula is C16H20N4O2. The molecule has 0 radical (unpaired) electrons. The minimum absolute atomic E-state index is 0.0583. The van der Waals surface area contributed by atoms with Crippen LogP contribution in [0.1, 0.15) is 34.9 Å². The van der Waals surface area contributed by atoms with Crippen molar-refractivity contribution in [3.63, 3.8) is 0 Å². The van der Waals surface area contributed by atoms with E-state index in [9.17, 15) is 4.79 Å². The van der Waals surface area contributed by atoms with E-state index in [-0.39, 0.29) is 6.03 Å². The third-order valence-corrected chi connectivity index (χ3v) is 4.18. The van der Waals surface area contributed by atoms with Gasteiger partial charge in [0.2, 0.25) is 0 Å². The van der Waals surface area contributed by atoms with Crippen molar-refractivity contribution in [1.29, 1.82) is 0 Å². The van der Waals surface area contributed by atoms with E-state index in [1.807, 2.05) is 4.90 Å². The number of nitrogens with zero attached hydrogens (tertiary/aromatic N) is 3. The lowest BCUT2D eigenvalue weighted by molar-refractivity contribution is 0.207. The molecule has 1 fully saturated rings. The van der Waals surface area contributed by atoms with E-state index in [0.29, 0.717) is 23.9 Å². The van der Waals surface area contributed by atoms with Gasteiger partial charge in [-0.3, -0.25) is 0 Å². The van der Waals surface area contributed by atoms with E-state index in [1.165, 1.54) is 11.1 Å². The molecule has 0 aliphatic carbocycles. The molecule has 3 rings (SSSR count). The molecule has 0 saturated carbocycles. The van der Waals surface area contributed by atoms with Crippen LogP contribution in [0.2, 0.25) is 0 Å². The maximum atomic E-state index is 12.2. The van der Waals surface area contributed by atoms with E-state index >= 15 is 0 Å².